The molecule has 2 rings (SSSR count). The third kappa shape index (κ3) is 4.19. The van der Waals surface area contributed by atoms with Gasteiger partial charge in [-0.3, -0.25) is 9.69 Å². The topological polar surface area (TPSA) is 58.6 Å². The zero-order valence-electron chi connectivity index (χ0n) is 12.0. The second-order valence-electron chi connectivity index (χ2n) is 5.06. The Morgan fingerprint density at radius 3 is 3.05 bits per heavy atom. The maximum atomic E-state index is 12.2. The van der Waals surface area contributed by atoms with Crippen LogP contribution in [0.5, 0.6) is 5.75 Å². The summed E-state index contributed by atoms with van der Waals surface area (Å²) in [5.74, 6) is 0.377. The van der Waals surface area contributed by atoms with Gasteiger partial charge in [-0.25, -0.2) is 0 Å². The maximum Gasteiger partial charge on any atom is 0.238 e. The predicted octanol–water partition coefficient (Wildman–Crippen LogP) is 2.34. The van der Waals surface area contributed by atoms with Crippen LogP contribution in [0.3, 0.4) is 0 Å². The van der Waals surface area contributed by atoms with Crippen molar-refractivity contribution in [1.82, 2.24) is 4.90 Å². The molecule has 1 unspecified atom stereocenters. The van der Waals surface area contributed by atoms with E-state index in [9.17, 15) is 9.59 Å². The van der Waals surface area contributed by atoms with Crippen molar-refractivity contribution in [3.63, 3.8) is 0 Å². The van der Waals surface area contributed by atoms with Crippen LogP contribution in [-0.4, -0.2) is 43.3 Å². The number of amides is 1. The molecule has 1 aliphatic heterocycles. The van der Waals surface area contributed by atoms with Crippen molar-refractivity contribution in [2.45, 2.75) is 25.3 Å². The van der Waals surface area contributed by atoms with E-state index in [0.717, 1.165) is 32.1 Å². The minimum absolute atomic E-state index is 0.161. The van der Waals surface area contributed by atoms with E-state index in [0.29, 0.717) is 16.5 Å². The van der Waals surface area contributed by atoms with Gasteiger partial charge in [0, 0.05) is 5.02 Å². The van der Waals surface area contributed by atoms with E-state index >= 15 is 0 Å². The Balaban J connectivity index is 2.01. The molecule has 1 heterocycles. The average molecular weight is 311 g/mol. The number of piperidine rings is 1. The fraction of sp³-hybridized carbons (Fsp3) is 0.467. The smallest absolute Gasteiger partial charge is 0.238 e. The van der Waals surface area contributed by atoms with E-state index in [1.54, 1.807) is 18.2 Å². The summed E-state index contributed by atoms with van der Waals surface area (Å²) in [6.07, 6.45) is 3.78. The number of benzene rings is 1. The van der Waals surface area contributed by atoms with Crippen LogP contribution in [0, 0.1) is 0 Å². The molecule has 0 spiro atoms. The van der Waals surface area contributed by atoms with E-state index in [-0.39, 0.29) is 18.5 Å². The minimum atomic E-state index is -0.177. The van der Waals surface area contributed by atoms with Crippen molar-refractivity contribution in [3.05, 3.63) is 23.2 Å². The van der Waals surface area contributed by atoms with Gasteiger partial charge in [0.2, 0.25) is 5.91 Å². The van der Waals surface area contributed by atoms with Crippen LogP contribution < -0.4 is 10.1 Å². The molecule has 0 aromatic heterocycles. The summed E-state index contributed by atoms with van der Waals surface area (Å²) < 4.78 is 5.19. The number of nitrogens with one attached hydrogen (secondary N) is 1. The number of anilines is 1. The first kappa shape index (κ1) is 15.8. The number of likely N-dealkylation sites (tertiary alicyclic amines) is 1. The molecular formula is C15H19ClN2O3. The molecule has 114 valence electrons. The van der Waals surface area contributed by atoms with Gasteiger partial charge < -0.3 is 14.8 Å². The number of hydrogen-bond donors (Lipinski definition) is 1. The SMILES string of the molecule is COc1ccc(Cl)cc1NC(=O)CN1CCCCC1C=O. The van der Waals surface area contributed by atoms with Crippen LogP contribution in [0.2, 0.25) is 5.02 Å². The summed E-state index contributed by atoms with van der Waals surface area (Å²) in [5, 5.41) is 3.31. The first-order valence-corrected chi connectivity index (χ1v) is 7.34. The van der Waals surface area contributed by atoms with Gasteiger partial charge in [0.15, 0.2) is 0 Å². The number of nitrogens with zero attached hydrogens (tertiary/aromatic N) is 1. The summed E-state index contributed by atoms with van der Waals surface area (Å²) >= 11 is 5.93. The summed E-state index contributed by atoms with van der Waals surface area (Å²) in [7, 11) is 1.53. The van der Waals surface area contributed by atoms with Gasteiger partial charge in [0.1, 0.15) is 12.0 Å². The van der Waals surface area contributed by atoms with Crippen molar-refractivity contribution in [1.29, 1.82) is 0 Å². The molecule has 1 aromatic carbocycles. The van der Waals surface area contributed by atoms with E-state index in [1.165, 1.54) is 7.11 Å². The van der Waals surface area contributed by atoms with Gasteiger partial charge >= 0.3 is 0 Å². The normalized spacial score (nSPS) is 19.0. The molecular weight excluding hydrogens is 292 g/mol. The Morgan fingerprint density at radius 1 is 1.52 bits per heavy atom. The zero-order valence-corrected chi connectivity index (χ0v) is 12.7. The van der Waals surface area contributed by atoms with Crippen LogP contribution in [0.25, 0.3) is 0 Å². The number of methoxy groups -OCH3 is 1. The molecule has 1 amide bonds. The van der Waals surface area contributed by atoms with Crippen LogP contribution in [0.1, 0.15) is 19.3 Å². The number of aldehydes is 1. The molecule has 1 fully saturated rings. The highest BCUT2D eigenvalue weighted by Gasteiger charge is 2.23. The summed E-state index contributed by atoms with van der Waals surface area (Å²) in [4.78, 5) is 25.1. The first-order chi connectivity index (χ1) is 10.1. The van der Waals surface area contributed by atoms with E-state index < -0.39 is 0 Å². The molecule has 1 aliphatic rings. The van der Waals surface area contributed by atoms with Crippen molar-refractivity contribution >= 4 is 29.5 Å². The van der Waals surface area contributed by atoms with Gasteiger partial charge in [-0.15, -0.1) is 0 Å². The van der Waals surface area contributed by atoms with Gasteiger partial charge in [0.05, 0.1) is 25.4 Å². The Morgan fingerprint density at radius 2 is 2.33 bits per heavy atom. The highest BCUT2D eigenvalue weighted by atomic mass is 35.5. The summed E-state index contributed by atoms with van der Waals surface area (Å²) in [5.41, 5.74) is 0.537. The van der Waals surface area contributed by atoms with Crippen molar-refractivity contribution in [3.8, 4) is 5.75 Å². The highest BCUT2D eigenvalue weighted by molar-refractivity contribution is 6.31. The fourth-order valence-corrected chi connectivity index (χ4v) is 2.69. The average Bonchev–Trinajstić information content (AvgIpc) is 2.48. The molecule has 0 bridgehead atoms. The minimum Gasteiger partial charge on any atom is -0.495 e. The number of ether oxygens (including phenoxy) is 1. The fourth-order valence-electron chi connectivity index (χ4n) is 2.52. The number of hydrogen-bond acceptors (Lipinski definition) is 4. The van der Waals surface area contributed by atoms with Crippen LogP contribution in [-0.2, 0) is 9.59 Å². The number of carbonyl (C=O) groups excluding carboxylic acids is 2. The third-order valence-corrected chi connectivity index (χ3v) is 3.84. The molecule has 0 saturated carbocycles. The molecule has 0 aliphatic carbocycles. The Kier molecular flexibility index (Phi) is 5.59. The van der Waals surface area contributed by atoms with Crippen LogP contribution in [0.4, 0.5) is 5.69 Å². The standard InChI is InChI=1S/C15H19ClN2O3/c1-21-14-6-5-11(16)8-13(14)17-15(20)9-18-7-3-2-4-12(18)10-19/h5-6,8,10,12H,2-4,7,9H2,1H3,(H,17,20). The monoisotopic (exact) mass is 310 g/mol. The van der Waals surface area contributed by atoms with E-state index in [2.05, 4.69) is 5.32 Å². The largest absolute Gasteiger partial charge is 0.495 e. The lowest BCUT2D eigenvalue weighted by atomic mass is 10.0. The van der Waals surface area contributed by atoms with Gasteiger partial charge in [-0.2, -0.15) is 0 Å². The van der Waals surface area contributed by atoms with E-state index in [1.807, 2.05) is 4.90 Å². The van der Waals surface area contributed by atoms with Gasteiger partial charge in [0.25, 0.3) is 0 Å². The highest BCUT2D eigenvalue weighted by Crippen LogP contribution is 2.27. The molecule has 5 nitrogen and oxygen atoms in total. The lowest BCUT2D eigenvalue weighted by Crippen LogP contribution is -2.44. The molecule has 1 saturated heterocycles. The molecule has 1 aromatic rings. The van der Waals surface area contributed by atoms with Crippen molar-refractivity contribution < 1.29 is 14.3 Å². The molecule has 1 atom stereocenters. The zero-order chi connectivity index (χ0) is 15.2. The second kappa shape index (κ2) is 7.43. The maximum absolute atomic E-state index is 12.2. The molecule has 0 radical (unpaired) electrons. The Bertz CT molecular complexity index is 522. The van der Waals surface area contributed by atoms with Crippen molar-refractivity contribution in [2.24, 2.45) is 0 Å². The number of rotatable bonds is 5. The summed E-state index contributed by atoms with van der Waals surface area (Å²) in [6.45, 7) is 0.961. The first-order valence-electron chi connectivity index (χ1n) is 6.97. The third-order valence-electron chi connectivity index (χ3n) is 3.60. The number of carbonyl (C=O) groups is 2. The van der Waals surface area contributed by atoms with Gasteiger partial charge in [-0.1, -0.05) is 18.0 Å². The number of halogens is 1. The quantitative estimate of drug-likeness (QED) is 0.848. The van der Waals surface area contributed by atoms with Gasteiger partial charge in [-0.05, 0) is 37.6 Å². The van der Waals surface area contributed by atoms with Crippen LogP contribution in [0.15, 0.2) is 18.2 Å². The predicted molar refractivity (Wildman–Crippen MR) is 81.9 cm³/mol. The van der Waals surface area contributed by atoms with E-state index in [4.69, 9.17) is 16.3 Å². The lowest BCUT2D eigenvalue weighted by molar-refractivity contribution is -0.120. The Hall–Kier alpha value is -1.59. The second-order valence-corrected chi connectivity index (χ2v) is 5.50. The Labute approximate surface area is 129 Å². The molecule has 6 heteroatoms. The molecule has 1 N–H and O–H groups in total. The lowest BCUT2D eigenvalue weighted by Gasteiger charge is -2.31. The molecule has 21 heavy (non-hydrogen) atoms. The van der Waals surface area contributed by atoms with Crippen molar-refractivity contribution in [2.75, 3.05) is 25.5 Å². The van der Waals surface area contributed by atoms with Crippen LogP contribution >= 0.6 is 11.6 Å². The summed E-state index contributed by atoms with van der Waals surface area (Å²) in [6, 6.07) is 4.88.